The van der Waals surface area contributed by atoms with E-state index < -0.39 is 21.5 Å². The van der Waals surface area contributed by atoms with Crippen molar-refractivity contribution in [3.63, 3.8) is 0 Å². The van der Waals surface area contributed by atoms with Gasteiger partial charge in [0.05, 0.1) is 11.5 Å². The fourth-order valence-electron chi connectivity index (χ4n) is 5.20. The van der Waals surface area contributed by atoms with Crippen LogP contribution in [0.25, 0.3) is 22.4 Å². The quantitative estimate of drug-likeness (QED) is 0.610. The highest BCUT2D eigenvalue weighted by molar-refractivity contribution is 7.91. The topological polar surface area (TPSA) is 79.0 Å². The zero-order valence-electron chi connectivity index (χ0n) is 18.7. The maximum Gasteiger partial charge on any atom is 0.150 e. The van der Waals surface area contributed by atoms with E-state index in [0.29, 0.717) is 42.8 Å². The van der Waals surface area contributed by atoms with Gasteiger partial charge in [-0.2, -0.15) is 5.10 Å². The van der Waals surface area contributed by atoms with Crippen molar-refractivity contribution in [3.8, 4) is 22.4 Å². The number of H-pyrrole nitrogens is 1. The van der Waals surface area contributed by atoms with Crippen LogP contribution in [-0.4, -0.2) is 48.2 Å². The molecule has 0 aliphatic carbocycles. The monoisotopic (exact) mass is 472 g/mol. The molecule has 2 aromatic heterocycles. The molecule has 0 atom stereocenters. The van der Waals surface area contributed by atoms with E-state index in [1.165, 1.54) is 12.1 Å². The van der Waals surface area contributed by atoms with Crippen molar-refractivity contribution in [3.05, 3.63) is 53.5 Å². The van der Waals surface area contributed by atoms with Gasteiger partial charge in [-0.25, -0.2) is 17.2 Å². The van der Waals surface area contributed by atoms with Crippen molar-refractivity contribution in [2.75, 3.05) is 29.5 Å². The molecule has 2 aliphatic heterocycles. The number of hydrogen-bond acceptors (Lipinski definition) is 5. The van der Waals surface area contributed by atoms with Crippen LogP contribution in [0.3, 0.4) is 0 Å². The van der Waals surface area contributed by atoms with Crippen LogP contribution in [0, 0.1) is 30.9 Å². The molecule has 4 heterocycles. The minimum Gasteiger partial charge on any atom is -0.366 e. The molecule has 3 aromatic rings. The van der Waals surface area contributed by atoms with Gasteiger partial charge in [-0.3, -0.25) is 10.1 Å². The molecule has 0 radical (unpaired) electrons. The largest absolute Gasteiger partial charge is 0.366 e. The third kappa shape index (κ3) is 4.03. The molecule has 0 saturated carbocycles. The number of benzene rings is 1. The SMILES string of the molecule is Cc1cc(-c2n[nH]c(C)c2-c2cc(F)c(N3CCC4(CCS(=O)(=O)CC4)C3)c(F)c2)ccn1. The average Bonchev–Trinajstić information content (AvgIpc) is 3.34. The fourth-order valence-corrected chi connectivity index (χ4v) is 6.89. The Bertz CT molecular complexity index is 1300. The number of hydrogen-bond donors (Lipinski definition) is 1. The predicted molar refractivity (Wildman–Crippen MR) is 124 cm³/mol. The second-order valence-electron chi connectivity index (χ2n) is 9.37. The van der Waals surface area contributed by atoms with Gasteiger partial charge in [0.25, 0.3) is 0 Å². The van der Waals surface area contributed by atoms with E-state index in [9.17, 15) is 8.42 Å². The van der Waals surface area contributed by atoms with E-state index in [0.717, 1.165) is 23.4 Å². The maximum absolute atomic E-state index is 15.3. The summed E-state index contributed by atoms with van der Waals surface area (Å²) in [5.41, 5.74) is 3.83. The van der Waals surface area contributed by atoms with E-state index in [2.05, 4.69) is 15.2 Å². The van der Waals surface area contributed by atoms with Gasteiger partial charge in [-0.05, 0) is 68.4 Å². The Labute approximate surface area is 192 Å². The molecule has 2 saturated heterocycles. The Morgan fingerprint density at radius 1 is 1.03 bits per heavy atom. The van der Waals surface area contributed by atoms with E-state index in [4.69, 9.17) is 0 Å². The van der Waals surface area contributed by atoms with Gasteiger partial charge in [0.15, 0.2) is 0 Å². The highest BCUT2D eigenvalue weighted by Gasteiger charge is 2.43. The number of nitrogens with zero attached hydrogens (tertiary/aromatic N) is 3. The molecule has 174 valence electrons. The predicted octanol–water partition coefficient (Wildman–Crippen LogP) is 4.44. The normalized spacial score (nSPS) is 19.3. The van der Waals surface area contributed by atoms with E-state index >= 15 is 8.78 Å². The van der Waals surface area contributed by atoms with E-state index in [1.807, 2.05) is 26.0 Å². The Kier molecular flexibility index (Phi) is 5.27. The summed E-state index contributed by atoms with van der Waals surface area (Å²) < 4.78 is 54.4. The molecule has 2 fully saturated rings. The van der Waals surface area contributed by atoms with Crippen molar-refractivity contribution >= 4 is 15.5 Å². The van der Waals surface area contributed by atoms with Crippen LogP contribution in [-0.2, 0) is 9.84 Å². The first-order chi connectivity index (χ1) is 15.7. The number of aryl methyl sites for hydroxylation is 2. The minimum atomic E-state index is -2.99. The van der Waals surface area contributed by atoms with Gasteiger partial charge in [-0.15, -0.1) is 0 Å². The molecule has 5 rings (SSSR count). The first-order valence-corrected chi connectivity index (χ1v) is 12.9. The number of aromatic amines is 1. The minimum absolute atomic E-state index is 0.0356. The molecule has 0 bridgehead atoms. The van der Waals surface area contributed by atoms with Crippen LogP contribution in [0.1, 0.15) is 30.7 Å². The lowest BCUT2D eigenvalue weighted by Crippen LogP contribution is -2.36. The standard InChI is InChI=1S/C24H26F2N4O2S/c1-15-11-17(3-7-27-15)22-21(16(2)28-29-22)18-12-19(25)23(20(26)13-18)30-8-4-24(14-30)5-9-33(31,32)10-6-24/h3,7,11-13H,4-6,8-10,14H2,1-2H3,(H,28,29). The molecule has 33 heavy (non-hydrogen) atoms. The second-order valence-corrected chi connectivity index (χ2v) is 11.7. The van der Waals surface area contributed by atoms with Crippen LogP contribution in [0.2, 0.25) is 0 Å². The first-order valence-electron chi connectivity index (χ1n) is 11.1. The third-order valence-corrected chi connectivity index (χ3v) is 8.72. The van der Waals surface area contributed by atoms with Crippen molar-refractivity contribution in [1.82, 2.24) is 15.2 Å². The highest BCUT2D eigenvalue weighted by Crippen LogP contribution is 2.44. The van der Waals surface area contributed by atoms with Crippen LogP contribution in [0.4, 0.5) is 14.5 Å². The Morgan fingerprint density at radius 3 is 2.39 bits per heavy atom. The lowest BCUT2D eigenvalue weighted by molar-refractivity contribution is 0.292. The lowest BCUT2D eigenvalue weighted by Gasteiger charge is -2.33. The van der Waals surface area contributed by atoms with Gasteiger partial charge in [-0.1, -0.05) is 0 Å². The van der Waals surface area contributed by atoms with Crippen molar-refractivity contribution < 1.29 is 17.2 Å². The Hall–Kier alpha value is -2.81. The second kappa shape index (κ2) is 7.90. The summed E-state index contributed by atoms with van der Waals surface area (Å²) in [6.07, 6.45) is 3.53. The van der Waals surface area contributed by atoms with Gasteiger partial charge in [0, 0.05) is 41.8 Å². The van der Waals surface area contributed by atoms with Crippen LogP contribution in [0.15, 0.2) is 30.5 Å². The van der Waals surface area contributed by atoms with Gasteiger partial charge < -0.3 is 4.90 Å². The van der Waals surface area contributed by atoms with E-state index in [1.54, 1.807) is 11.1 Å². The lowest BCUT2D eigenvalue weighted by atomic mass is 9.81. The van der Waals surface area contributed by atoms with Gasteiger partial charge in [0.1, 0.15) is 32.9 Å². The van der Waals surface area contributed by atoms with Gasteiger partial charge in [0.2, 0.25) is 0 Å². The van der Waals surface area contributed by atoms with Crippen molar-refractivity contribution in [2.45, 2.75) is 33.1 Å². The smallest absolute Gasteiger partial charge is 0.150 e. The molecule has 1 spiro atoms. The highest BCUT2D eigenvalue weighted by atomic mass is 32.2. The molecular weight excluding hydrogens is 446 g/mol. The Morgan fingerprint density at radius 2 is 1.73 bits per heavy atom. The van der Waals surface area contributed by atoms with Crippen LogP contribution in [0.5, 0.6) is 0 Å². The fraction of sp³-hybridized carbons (Fsp3) is 0.417. The summed E-state index contributed by atoms with van der Waals surface area (Å²) in [7, 11) is -2.99. The molecule has 1 aromatic carbocycles. The molecule has 0 unspecified atom stereocenters. The summed E-state index contributed by atoms with van der Waals surface area (Å²) in [5, 5.41) is 7.31. The van der Waals surface area contributed by atoms with E-state index in [-0.39, 0.29) is 22.6 Å². The summed E-state index contributed by atoms with van der Waals surface area (Å²) >= 11 is 0. The third-order valence-electron chi connectivity index (χ3n) is 7.06. The van der Waals surface area contributed by atoms with Crippen LogP contribution >= 0.6 is 0 Å². The summed E-state index contributed by atoms with van der Waals surface area (Å²) in [6, 6.07) is 6.43. The van der Waals surface area contributed by atoms with Crippen molar-refractivity contribution in [2.24, 2.45) is 5.41 Å². The zero-order valence-corrected chi connectivity index (χ0v) is 19.5. The van der Waals surface area contributed by atoms with Gasteiger partial charge >= 0.3 is 0 Å². The number of halogens is 2. The molecule has 0 amide bonds. The molecule has 2 aliphatic rings. The summed E-state index contributed by atoms with van der Waals surface area (Å²) in [6.45, 7) is 4.69. The first kappa shape index (κ1) is 22.0. The molecular formula is C24H26F2N4O2S. The number of rotatable bonds is 3. The van der Waals surface area contributed by atoms with Crippen molar-refractivity contribution in [1.29, 1.82) is 0 Å². The number of anilines is 1. The molecule has 1 N–H and O–H groups in total. The zero-order chi connectivity index (χ0) is 23.4. The maximum atomic E-state index is 15.3. The number of sulfone groups is 1. The Balaban J connectivity index is 1.47. The van der Waals surface area contributed by atoms with Crippen LogP contribution < -0.4 is 4.90 Å². The summed E-state index contributed by atoms with van der Waals surface area (Å²) in [4.78, 5) is 5.94. The number of pyridine rings is 1. The summed E-state index contributed by atoms with van der Waals surface area (Å²) in [5.74, 6) is -0.935. The number of nitrogens with one attached hydrogen (secondary N) is 1. The average molecular weight is 473 g/mol. The number of aromatic nitrogens is 3. The molecule has 9 heteroatoms. The molecule has 6 nitrogen and oxygen atoms in total.